The molecule has 0 bridgehead atoms. The Kier molecular flexibility index (Phi) is 6.34. The maximum absolute atomic E-state index is 12.7. The summed E-state index contributed by atoms with van der Waals surface area (Å²) in [4.78, 5) is 30.7. The zero-order valence-electron chi connectivity index (χ0n) is 15.6. The summed E-state index contributed by atoms with van der Waals surface area (Å²) in [6.45, 7) is 4.67. The van der Waals surface area contributed by atoms with Gasteiger partial charge in [-0.2, -0.15) is 0 Å². The van der Waals surface area contributed by atoms with Crippen molar-refractivity contribution in [1.82, 2.24) is 10.3 Å². The number of pyridine rings is 1. The highest BCUT2D eigenvalue weighted by atomic mass is 32.2. The van der Waals surface area contributed by atoms with Gasteiger partial charge in [0, 0.05) is 30.2 Å². The van der Waals surface area contributed by atoms with Gasteiger partial charge in [0.15, 0.2) is 0 Å². The van der Waals surface area contributed by atoms with Crippen molar-refractivity contribution in [1.29, 1.82) is 0 Å². The van der Waals surface area contributed by atoms with Gasteiger partial charge in [0.2, 0.25) is 5.91 Å². The summed E-state index contributed by atoms with van der Waals surface area (Å²) in [7, 11) is 0. The zero-order valence-corrected chi connectivity index (χ0v) is 16.4. The highest BCUT2D eigenvalue weighted by molar-refractivity contribution is 7.99. The fraction of sp³-hybridized carbons (Fsp3) is 0.350. The van der Waals surface area contributed by atoms with Crippen molar-refractivity contribution in [3.05, 3.63) is 48.2 Å². The predicted octanol–water partition coefficient (Wildman–Crippen LogP) is 3.68. The number of thioether (sulfide) groups is 1. The Balaban J connectivity index is 1.60. The number of amides is 3. The van der Waals surface area contributed by atoms with E-state index in [1.807, 2.05) is 50.2 Å². The van der Waals surface area contributed by atoms with Crippen LogP contribution in [0.1, 0.15) is 25.8 Å². The van der Waals surface area contributed by atoms with Gasteiger partial charge in [-0.1, -0.05) is 19.1 Å². The summed E-state index contributed by atoms with van der Waals surface area (Å²) in [6, 6.07) is 11.1. The molecule has 1 unspecified atom stereocenters. The van der Waals surface area contributed by atoms with Gasteiger partial charge < -0.3 is 10.6 Å². The lowest BCUT2D eigenvalue weighted by molar-refractivity contribution is -0.121. The van der Waals surface area contributed by atoms with Gasteiger partial charge in [0.1, 0.15) is 5.03 Å². The van der Waals surface area contributed by atoms with E-state index in [-0.39, 0.29) is 18.0 Å². The number of carbonyl (C=O) groups excluding carboxylic acids is 2. The predicted molar refractivity (Wildman–Crippen MR) is 109 cm³/mol. The number of nitrogens with one attached hydrogen (secondary N) is 2. The highest BCUT2D eigenvalue weighted by Crippen LogP contribution is 2.32. The van der Waals surface area contributed by atoms with Gasteiger partial charge in [-0.25, -0.2) is 9.78 Å². The zero-order chi connectivity index (χ0) is 19.2. The summed E-state index contributed by atoms with van der Waals surface area (Å²) in [5, 5.41) is 6.75. The molecule has 1 aromatic heterocycles. The van der Waals surface area contributed by atoms with E-state index in [0.29, 0.717) is 18.7 Å². The fourth-order valence-corrected chi connectivity index (χ4v) is 3.70. The minimum atomic E-state index is -0.174. The number of urea groups is 1. The quantitative estimate of drug-likeness (QED) is 0.825. The summed E-state index contributed by atoms with van der Waals surface area (Å²) in [6.07, 6.45) is 2.98. The number of fused-ring (bicyclic) bond motifs is 1. The molecule has 1 aliphatic rings. The van der Waals surface area contributed by atoms with Crippen LogP contribution in [-0.4, -0.2) is 35.3 Å². The number of carbonyl (C=O) groups is 2. The molecule has 0 spiro atoms. The van der Waals surface area contributed by atoms with Crippen molar-refractivity contribution in [3.8, 4) is 0 Å². The molecule has 7 heteroatoms. The molecule has 3 amide bonds. The third kappa shape index (κ3) is 5.01. The minimum Gasteiger partial charge on any atom is -0.353 e. The number of anilines is 2. The van der Waals surface area contributed by atoms with Crippen LogP contribution >= 0.6 is 11.8 Å². The molecule has 2 aromatic rings. The summed E-state index contributed by atoms with van der Waals surface area (Å²) < 4.78 is 0. The van der Waals surface area contributed by atoms with Gasteiger partial charge >= 0.3 is 6.03 Å². The average Bonchev–Trinajstić information content (AvgIpc) is 2.68. The van der Waals surface area contributed by atoms with Crippen LogP contribution in [0, 0.1) is 0 Å². The third-order valence-electron chi connectivity index (χ3n) is 4.43. The molecule has 2 N–H and O–H groups in total. The largest absolute Gasteiger partial charge is 0.353 e. The Morgan fingerprint density at radius 2 is 2.04 bits per heavy atom. The summed E-state index contributed by atoms with van der Waals surface area (Å²) >= 11 is 1.66. The van der Waals surface area contributed by atoms with E-state index < -0.39 is 0 Å². The lowest BCUT2D eigenvalue weighted by atomic mass is 10.1. The van der Waals surface area contributed by atoms with Crippen LogP contribution in [0.15, 0.2) is 47.6 Å². The topological polar surface area (TPSA) is 74.3 Å². The number of nitrogens with zero attached hydrogens (tertiary/aromatic N) is 2. The van der Waals surface area contributed by atoms with Crippen molar-refractivity contribution >= 4 is 35.1 Å². The number of hydrogen-bond acceptors (Lipinski definition) is 4. The lowest BCUT2D eigenvalue weighted by Gasteiger charge is -2.28. The monoisotopic (exact) mass is 384 g/mol. The maximum Gasteiger partial charge on any atom is 0.326 e. The van der Waals surface area contributed by atoms with Crippen LogP contribution < -0.4 is 15.5 Å². The first-order valence-corrected chi connectivity index (χ1v) is 10.1. The first-order valence-electron chi connectivity index (χ1n) is 9.11. The molecule has 1 aromatic carbocycles. The number of benzene rings is 1. The van der Waals surface area contributed by atoms with E-state index in [2.05, 4.69) is 15.6 Å². The molecule has 0 fully saturated rings. The highest BCUT2D eigenvalue weighted by Gasteiger charge is 2.23. The molecule has 3 rings (SSSR count). The molecule has 1 atom stereocenters. The van der Waals surface area contributed by atoms with E-state index in [0.717, 1.165) is 28.5 Å². The molecule has 0 aliphatic carbocycles. The average molecular weight is 385 g/mol. The van der Waals surface area contributed by atoms with Crippen LogP contribution in [0.2, 0.25) is 0 Å². The van der Waals surface area contributed by atoms with Gasteiger partial charge in [-0.05, 0) is 43.2 Å². The van der Waals surface area contributed by atoms with E-state index in [1.54, 1.807) is 22.9 Å². The van der Waals surface area contributed by atoms with Crippen molar-refractivity contribution < 1.29 is 9.59 Å². The molecule has 0 saturated heterocycles. The third-order valence-corrected chi connectivity index (χ3v) is 5.41. The van der Waals surface area contributed by atoms with Gasteiger partial charge in [-0.15, -0.1) is 11.8 Å². The lowest BCUT2D eigenvalue weighted by Crippen LogP contribution is -2.38. The minimum absolute atomic E-state index is 0.0102. The number of hydrogen-bond donors (Lipinski definition) is 2. The summed E-state index contributed by atoms with van der Waals surface area (Å²) in [5.74, 6) is 0.831. The van der Waals surface area contributed by atoms with Crippen molar-refractivity contribution in [2.24, 2.45) is 0 Å². The van der Waals surface area contributed by atoms with E-state index >= 15 is 0 Å². The van der Waals surface area contributed by atoms with Crippen LogP contribution in [0.5, 0.6) is 0 Å². The van der Waals surface area contributed by atoms with Gasteiger partial charge in [0.25, 0.3) is 0 Å². The smallest absolute Gasteiger partial charge is 0.326 e. The second-order valence-electron chi connectivity index (χ2n) is 6.51. The van der Waals surface area contributed by atoms with Gasteiger partial charge in [0.05, 0.1) is 12.1 Å². The molecular weight excluding hydrogens is 360 g/mol. The number of aromatic nitrogens is 1. The molecule has 142 valence electrons. The van der Waals surface area contributed by atoms with Crippen molar-refractivity contribution in [2.75, 3.05) is 22.5 Å². The van der Waals surface area contributed by atoms with Crippen LogP contribution in [0.4, 0.5) is 16.2 Å². The Hall–Kier alpha value is -2.54. The van der Waals surface area contributed by atoms with Gasteiger partial charge in [-0.3, -0.25) is 9.69 Å². The first kappa shape index (κ1) is 19.2. The van der Waals surface area contributed by atoms with Crippen molar-refractivity contribution in [3.63, 3.8) is 0 Å². The Labute approximate surface area is 163 Å². The summed E-state index contributed by atoms with van der Waals surface area (Å²) in [5.41, 5.74) is 2.46. The fourth-order valence-electron chi connectivity index (χ4n) is 2.77. The van der Waals surface area contributed by atoms with E-state index in [4.69, 9.17) is 0 Å². The molecule has 2 heterocycles. The van der Waals surface area contributed by atoms with E-state index in [1.165, 1.54) is 0 Å². The molecule has 27 heavy (non-hydrogen) atoms. The Morgan fingerprint density at radius 1 is 1.26 bits per heavy atom. The molecule has 0 radical (unpaired) electrons. The maximum atomic E-state index is 12.7. The second kappa shape index (κ2) is 8.90. The Bertz CT molecular complexity index is 810. The van der Waals surface area contributed by atoms with Crippen LogP contribution in [0.3, 0.4) is 0 Å². The number of rotatable bonds is 5. The van der Waals surface area contributed by atoms with E-state index in [9.17, 15) is 9.59 Å². The normalized spacial score (nSPS) is 14.2. The molecule has 6 nitrogen and oxygen atoms in total. The first-order chi connectivity index (χ1) is 13.1. The SMILES string of the molecule is CCC(C)NC(=O)Cc1ccc(NC(=O)N2CCSc3ncccc32)cc1. The Morgan fingerprint density at radius 3 is 2.78 bits per heavy atom. The molecule has 0 saturated carbocycles. The van der Waals surface area contributed by atoms with Crippen LogP contribution in [-0.2, 0) is 11.2 Å². The molecule has 1 aliphatic heterocycles. The van der Waals surface area contributed by atoms with Crippen LogP contribution in [0.25, 0.3) is 0 Å². The van der Waals surface area contributed by atoms with Crippen molar-refractivity contribution in [2.45, 2.75) is 37.8 Å². The second-order valence-corrected chi connectivity index (χ2v) is 7.59. The molecular formula is C20H24N4O2S. The standard InChI is InChI=1S/C20H24N4O2S/c1-3-14(2)22-18(25)13-15-6-8-16(9-7-15)23-20(26)24-11-12-27-19-17(24)5-4-10-21-19/h4-10,14H,3,11-13H2,1-2H3,(H,22,25)(H,23,26).